The topological polar surface area (TPSA) is 13.1 Å². The first-order chi connectivity index (χ1) is 3.70. The summed E-state index contributed by atoms with van der Waals surface area (Å²) in [6.07, 6.45) is 0. The van der Waals surface area contributed by atoms with Crippen LogP contribution in [-0.2, 0) is 0 Å². The Kier molecular flexibility index (Phi) is 1.97. The lowest BCUT2D eigenvalue weighted by molar-refractivity contribution is 0.506. The number of hydrogen-bond acceptors (Lipinski definition) is 1. The molecule has 1 aromatic rings. The number of hydrogen-bond donors (Lipinski definition) is 0. The molecule has 0 aliphatic carbocycles. The van der Waals surface area contributed by atoms with Crippen LogP contribution in [-0.4, -0.2) is 0 Å². The molecule has 1 aromatic heterocycles. The van der Waals surface area contributed by atoms with E-state index in [0.717, 1.165) is 14.0 Å². The molecule has 0 aliphatic rings. The fourth-order valence-corrected chi connectivity index (χ4v) is 1.36. The minimum Gasteiger partial charge on any atom is -0.454 e. The van der Waals surface area contributed by atoms with Gasteiger partial charge in [0.05, 0.1) is 4.47 Å². The minimum atomic E-state index is 0.917. The molecule has 1 nitrogen and oxygen atoms in total. The van der Waals surface area contributed by atoms with Crippen molar-refractivity contribution < 1.29 is 4.42 Å². The second kappa shape index (κ2) is 2.39. The molecule has 1 rings (SSSR count). The molecule has 0 atom stereocenters. The van der Waals surface area contributed by atoms with Crippen LogP contribution in [0.3, 0.4) is 0 Å². The summed E-state index contributed by atoms with van der Waals surface area (Å²) >= 11 is 5.45. The number of aryl methyl sites for hydroxylation is 1. The van der Waals surface area contributed by atoms with Crippen LogP contribution in [0.25, 0.3) is 0 Å². The lowest BCUT2D eigenvalue weighted by atomic mass is 10.5. The highest BCUT2D eigenvalue weighted by Gasteiger charge is 1.99. The van der Waals surface area contributed by atoms with Gasteiger partial charge in [-0.3, -0.25) is 0 Å². The normalized spacial score (nSPS) is 9.88. The van der Waals surface area contributed by atoms with Crippen molar-refractivity contribution in [3.63, 3.8) is 0 Å². The van der Waals surface area contributed by atoms with E-state index in [4.69, 9.17) is 4.42 Å². The van der Waals surface area contributed by atoms with Gasteiger partial charge >= 0.3 is 0 Å². The maximum atomic E-state index is 5.15. The largest absolute Gasteiger partial charge is 0.454 e. The number of furan rings is 1. The molecule has 0 radical (unpaired) electrons. The number of halogens is 2. The van der Waals surface area contributed by atoms with Gasteiger partial charge in [-0.1, -0.05) is 0 Å². The fourth-order valence-electron chi connectivity index (χ4n) is 0.455. The van der Waals surface area contributed by atoms with Gasteiger partial charge in [-0.15, -0.1) is 0 Å². The minimum absolute atomic E-state index is 0.917. The fraction of sp³-hybridized carbons (Fsp3) is 0.200. The highest BCUT2D eigenvalue weighted by molar-refractivity contribution is 14.1. The Hall–Kier alpha value is 0.490. The van der Waals surface area contributed by atoms with Crippen molar-refractivity contribution in [2.24, 2.45) is 0 Å². The van der Waals surface area contributed by atoms with Crippen LogP contribution in [0.15, 0.2) is 15.0 Å². The standard InChI is InChI=1S/C5H4BrIO/c1-3-2-4(6)5(7)8-3/h2H,1H3. The van der Waals surface area contributed by atoms with Gasteiger partial charge in [0.15, 0.2) is 3.77 Å². The Labute approximate surface area is 69.7 Å². The molecule has 0 bridgehead atoms. The SMILES string of the molecule is Cc1cc(Br)c(I)o1. The Morgan fingerprint density at radius 3 is 2.50 bits per heavy atom. The van der Waals surface area contributed by atoms with Crippen LogP contribution in [0.4, 0.5) is 0 Å². The first kappa shape index (κ1) is 6.61. The van der Waals surface area contributed by atoms with Gasteiger partial charge in [0.2, 0.25) is 0 Å². The molecule has 3 heteroatoms. The highest BCUT2D eigenvalue weighted by atomic mass is 127. The molecule has 0 fully saturated rings. The average molecular weight is 287 g/mol. The van der Waals surface area contributed by atoms with Crippen LogP contribution in [0.5, 0.6) is 0 Å². The van der Waals surface area contributed by atoms with Crippen molar-refractivity contribution in [3.8, 4) is 0 Å². The van der Waals surface area contributed by atoms with Crippen LogP contribution in [0, 0.1) is 10.7 Å². The maximum Gasteiger partial charge on any atom is 0.178 e. The molecular weight excluding hydrogens is 283 g/mol. The van der Waals surface area contributed by atoms with E-state index in [9.17, 15) is 0 Å². The Morgan fingerprint density at radius 2 is 2.38 bits per heavy atom. The summed E-state index contributed by atoms with van der Waals surface area (Å²) in [5.41, 5.74) is 0. The molecule has 1 heterocycles. The molecule has 8 heavy (non-hydrogen) atoms. The zero-order valence-corrected chi connectivity index (χ0v) is 7.99. The summed E-state index contributed by atoms with van der Waals surface area (Å²) in [5.74, 6) is 0.946. The molecule has 0 aromatic carbocycles. The molecule has 0 saturated carbocycles. The summed E-state index contributed by atoms with van der Waals surface area (Å²) in [5, 5.41) is 0. The molecule has 0 saturated heterocycles. The van der Waals surface area contributed by atoms with E-state index >= 15 is 0 Å². The lowest BCUT2D eigenvalue weighted by Crippen LogP contribution is -1.54. The summed E-state index contributed by atoms with van der Waals surface area (Å²) in [6, 6.07) is 1.95. The van der Waals surface area contributed by atoms with Gasteiger partial charge in [0, 0.05) is 22.6 Å². The molecule has 44 valence electrons. The predicted molar refractivity (Wildman–Crippen MR) is 43.9 cm³/mol. The van der Waals surface area contributed by atoms with Gasteiger partial charge in [0.25, 0.3) is 0 Å². The summed E-state index contributed by atoms with van der Waals surface area (Å²) in [7, 11) is 0. The van der Waals surface area contributed by atoms with E-state index in [1.807, 2.05) is 13.0 Å². The van der Waals surface area contributed by atoms with E-state index < -0.39 is 0 Å². The van der Waals surface area contributed by atoms with Crippen molar-refractivity contribution >= 4 is 38.5 Å². The van der Waals surface area contributed by atoms with Crippen LogP contribution in [0.1, 0.15) is 5.76 Å². The highest BCUT2D eigenvalue weighted by Crippen LogP contribution is 2.21. The molecule has 0 amide bonds. The Morgan fingerprint density at radius 1 is 1.75 bits per heavy atom. The molecule has 0 spiro atoms. The van der Waals surface area contributed by atoms with Gasteiger partial charge in [-0.25, -0.2) is 0 Å². The third-order valence-electron chi connectivity index (χ3n) is 0.768. The van der Waals surface area contributed by atoms with Crippen molar-refractivity contribution in [1.29, 1.82) is 0 Å². The second-order valence-corrected chi connectivity index (χ2v) is 3.31. The van der Waals surface area contributed by atoms with E-state index in [2.05, 4.69) is 38.5 Å². The van der Waals surface area contributed by atoms with Crippen LogP contribution >= 0.6 is 38.5 Å². The third kappa shape index (κ3) is 1.25. The van der Waals surface area contributed by atoms with E-state index in [-0.39, 0.29) is 0 Å². The molecular formula is C5H4BrIO. The zero-order chi connectivity index (χ0) is 6.15. The van der Waals surface area contributed by atoms with E-state index in [1.54, 1.807) is 0 Å². The lowest BCUT2D eigenvalue weighted by Gasteiger charge is -1.76. The molecule has 0 aliphatic heterocycles. The van der Waals surface area contributed by atoms with Crippen LogP contribution in [0.2, 0.25) is 0 Å². The van der Waals surface area contributed by atoms with E-state index in [1.165, 1.54) is 0 Å². The number of rotatable bonds is 0. The monoisotopic (exact) mass is 286 g/mol. The predicted octanol–water partition coefficient (Wildman–Crippen LogP) is 2.96. The smallest absolute Gasteiger partial charge is 0.178 e. The second-order valence-electron chi connectivity index (χ2n) is 1.48. The molecule has 0 unspecified atom stereocenters. The molecule has 0 N–H and O–H groups in total. The summed E-state index contributed by atoms with van der Waals surface area (Å²) < 4.78 is 7.11. The maximum absolute atomic E-state index is 5.15. The summed E-state index contributed by atoms with van der Waals surface area (Å²) in [4.78, 5) is 0. The van der Waals surface area contributed by atoms with Crippen molar-refractivity contribution in [2.75, 3.05) is 0 Å². The third-order valence-corrected chi connectivity index (χ3v) is 2.90. The average Bonchev–Trinajstić information content (AvgIpc) is 1.85. The van der Waals surface area contributed by atoms with Gasteiger partial charge in [0.1, 0.15) is 5.76 Å². The van der Waals surface area contributed by atoms with Crippen molar-refractivity contribution in [3.05, 3.63) is 20.1 Å². The quantitative estimate of drug-likeness (QED) is 0.669. The Bertz CT molecular complexity index is 175. The van der Waals surface area contributed by atoms with Crippen LogP contribution < -0.4 is 0 Å². The van der Waals surface area contributed by atoms with Crippen molar-refractivity contribution in [1.82, 2.24) is 0 Å². The summed E-state index contributed by atoms with van der Waals surface area (Å²) in [6.45, 7) is 1.92. The van der Waals surface area contributed by atoms with Gasteiger partial charge in [-0.05, 0) is 28.9 Å². The first-order valence-corrected chi connectivity index (χ1v) is 3.99. The van der Waals surface area contributed by atoms with E-state index in [0.29, 0.717) is 0 Å². The zero-order valence-electron chi connectivity index (χ0n) is 4.24. The Balaban J connectivity index is 3.14. The van der Waals surface area contributed by atoms with Gasteiger partial charge in [-0.2, -0.15) is 0 Å². The van der Waals surface area contributed by atoms with Gasteiger partial charge < -0.3 is 4.42 Å². The van der Waals surface area contributed by atoms with Crippen molar-refractivity contribution in [2.45, 2.75) is 6.92 Å². The first-order valence-electron chi connectivity index (χ1n) is 2.11.